The predicted octanol–water partition coefficient (Wildman–Crippen LogP) is -0.315. The Hall–Kier alpha value is -4.09. The van der Waals surface area contributed by atoms with E-state index in [2.05, 4.69) is 10.1 Å². The number of hydrogen-bond acceptors (Lipinski definition) is 7. The van der Waals surface area contributed by atoms with Crippen molar-refractivity contribution in [3.05, 3.63) is 57.3 Å². The van der Waals surface area contributed by atoms with Crippen molar-refractivity contribution in [1.29, 1.82) is 0 Å². The van der Waals surface area contributed by atoms with Crippen LogP contribution in [-0.4, -0.2) is 36.2 Å². The number of carbonyl (C=O) groups is 2. The summed E-state index contributed by atoms with van der Waals surface area (Å²) in [6.07, 6.45) is 2.28. The van der Waals surface area contributed by atoms with Crippen molar-refractivity contribution in [3.63, 3.8) is 0 Å². The molecule has 0 aliphatic carbocycles. The number of nitrogens with two attached hydrogens (primary N) is 1. The maximum absolute atomic E-state index is 12.5. The highest BCUT2D eigenvalue weighted by molar-refractivity contribution is 5.93. The average molecular weight is 357 g/mol. The number of benzene rings is 1. The number of amides is 3. The molecular formula is C14H11N7O5. The molecule has 2 heterocycles. The van der Waals surface area contributed by atoms with Gasteiger partial charge in [-0.2, -0.15) is 5.10 Å². The van der Waals surface area contributed by atoms with Gasteiger partial charge in [-0.1, -0.05) is 12.1 Å². The van der Waals surface area contributed by atoms with Gasteiger partial charge in [-0.05, 0) is 6.07 Å². The van der Waals surface area contributed by atoms with Gasteiger partial charge >= 0.3 is 6.03 Å². The van der Waals surface area contributed by atoms with Crippen LogP contribution < -0.4 is 16.6 Å². The zero-order valence-corrected chi connectivity index (χ0v) is 13.0. The fraction of sp³-hybridized carbons (Fsp3) is 0.0714. The first kappa shape index (κ1) is 16.8. The lowest BCUT2D eigenvalue weighted by Gasteiger charge is -2.06. The molecule has 0 unspecified atom stereocenters. The molecule has 3 amide bonds. The number of primary amides is 1. The van der Waals surface area contributed by atoms with Crippen LogP contribution in [0.3, 0.4) is 0 Å². The largest absolute Gasteiger partial charge is 0.351 e. The lowest BCUT2D eigenvalue weighted by molar-refractivity contribution is -0.384. The quantitative estimate of drug-likeness (QED) is 0.476. The average Bonchev–Trinajstić information content (AvgIpc) is 3.01. The number of fused-ring (bicyclic) bond motifs is 1. The van der Waals surface area contributed by atoms with Gasteiger partial charge in [0.1, 0.15) is 23.9 Å². The Labute approximate surface area is 144 Å². The van der Waals surface area contributed by atoms with E-state index in [1.165, 1.54) is 29.1 Å². The van der Waals surface area contributed by atoms with E-state index in [4.69, 9.17) is 5.73 Å². The summed E-state index contributed by atoms with van der Waals surface area (Å²) in [6.45, 7) is -0.471. The molecule has 0 spiro atoms. The molecule has 0 fully saturated rings. The molecule has 0 aliphatic heterocycles. The van der Waals surface area contributed by atoms with E-state index in [9.17, 15) is 24.5 Å². The van der Waals surface area contributed by atoms with E-state index >= 15 is 0 Å². The first-order chi connectivity index (χ1) is 12.4. The summed E-state index contributed by atoms with van der Waals surface area (Å²) in [5, 5.41) is 17.1. The molecule has 0 saturated heterocycles. The zero-order valence-electron chi connectivity index (χ0n) is 13.0. The lowest BCUT2D eigenvalue weighted by Crippen LogP contribution is -2.39. The molecule has 3 N–H and O–H groups in total. The van der Waals surface area contributed by atoms with Crippen LogP contribution in [0, 0.1) is 10.1 Å². The highest BCUT2D eigenvalue weighted by Crippen LogP contribution is 2.23. The van der Waals surface area contributed by atoms with Gasteiger partial charge in [0.2, 0.25) is 5.91 Å². The summed E-state index contributed by atoms with van der Waals surface area (Å²) >= 11 is 0. The number of carbonyl (C=O) groups excluding carboxylic acids is 2. The number of nitro groups is 1. The van der Waals surface area contributed by atoms with Crippen LogP contribution in [0.2, 0.25) is 0 Å². The van der Waals surface area contributed by atoms with Crippen molar-refractivity contribution in [2.45, 2.75) is 6.54 Å². The minimum Gasteiger partial charge on any atom is -0.351 e. The highest BCUT2D eigenvalue weighted by atomic mass is 16.6. The predicted molar refractivity (Wildman–Crippen MR) is 87.5 cm³/mol. The third-order valence-corrected chi connectivity index (χ3v) is 3.44. The Morgan fingerprint density at radius 1 is 1.31 bits per heavy atom. The number of nitrogens with one attached hydrogen (secondary N) is 1. The summed E-state index contributed by atoms with van der Waals surface area (Å²) in [7, 11) is 0. The van der Waals surface area contributed by atoms with Crippen LogP contribution in [0.15, 0.2) is 41.6 Å². The van der Waals surface area contributed by atoms with Crippen LogP contribution in [-0.2, 0) is 11.3 Å². The lowest BCUT2D eigenvalue weighted by atomic mass is 10.2. The molecular weight excluding hydrogens is 346 g/mol. The molecule has 26 heavy (non-hydrogen) atoms. The molecule has 1 aromatic carbocycles. The Morgan fingerprint density at radius 2 is 2.04 bits per heavy atom. The minimum absolute atomic E-state index is 0.0533. The third-order valence-electron chi connectivity index (χ3n) is 3.44. The second-order valence-electron chi connectivity index (χ2n) is 5.13. The van der Waals surface area contributed by atoms with Gasteiger partial charge in [0.05, 0.1) is 11.1 Å². The van der Waals surface area contributed by atoms with Gasteiger partial charge in [0, 0.05) is 6.07 Å². The SMILES string of the molecule is NC(=O)NC(=O)Cn1cnc2c(cnn2-c2ccccc2[N+](=O)[O-])c1=O. The first-order valence-electron chi connectivity index (χ1n) is 7.14. The minimum atomic E-state index is -1.04. The second-order valence-corrected chi connectivity index (χ2v) is 5.13. The van der Waals surface area contributed by atoms with Crippen molar-refractivity contribution in [2.24, 2.45) is 5.73 Å². The van der Waals surface area contributed by atoms with Crippen LogP contribution in [0.5, 0.6) is 0 Å². The van der Waals surface area contributed by atoms with Crippen molar-refractivity contribution in [2.75, 3.05) is 0 Å². The van der Waals surface area contributed by atoms with Gasteiger partial charge in [0.15, 0.2) is 5.65 Å². The molecule has 132 valence electrons. The molecule has 0 radical (unpaired) electrons. The van der Waals surface area contributed by atoms with Gasteiger partial charge in [-0.25, -0.2) is 14.5 Å². The topological polar surface area (TPSA) is 168 Å². The van der Waals surface area contributed by atoms with Crippen molar-refractivity contribution in [3.8, 4) is 5.69 Å². The van der Waals surface area contributed by atoms with Crippen LogP contribution in [0.1, 0.15) is 0 Å². The maximum Gasteiger partial charge on any atom is 0.318 e. The number of hydrogen-bond donors (Lipinski definition) is 2. The van der Waals surface area contributed by atoms with Crippen LogP contribution in [0.4, 0.5) is 10.5 Å². The summed E-state index contributed by atoms with van der Waals surface area (Å²) in [5.41, 5.74) is 4.27. The summed E-state index contributed by atoms with van der Waals surface area (Å²) in [6, 6.07) is 4.83. The van der Waals surface area contributed by atoms with Gasteiger partial charge < -0.3 is 5.73 Å². The number of rotatable bonds is 4. The van der Waals surface area contributed by atoms with Gasteiger partial charge in [-0.15, -0.1) is 0 Å². The molecule has 0 aliphatic rings. The Morgan fingerprint density at radius 3 is 2.73 bits per heavy atom. The molecule has 0 atom stereocenters. The fourth-order valence-corrected chi connectivity index (χ4v) is 2.37. The monoisotopic (exact) mass is 357 g/mol. The van der Waals surface area contributed by atoms with E-state index in [1.807, 2.05) is 5.32 Å². The van der Waals surface area contributed by atoms with E-state index in [1.54, 1.807) is 6.07 Å². The summed E-state index contributed by atoms with van der Waals surface area (Å²) in [5.74, 6) is -0.785. The molecule has 12 nitrogen and oxygen atoms in total. The van der Waals surface area contributed by atoms with Gasteiger partial charge in [0.25, 0.3) is 11.2 Å². The van der Waals surface area contributed by atoms with Crippen molar-refractivity contribution < 1.29 is 14.5 Å². The maximum atomic E-state index is 12.5. The van der Waals surface area contributed by atoms with Crippen LogP contribution in [0.25, 0.3) is 16.7 Å². The standard InChI is InChI=1S/C14H11N7O5/c15-14(24)18-11(22)6-19-7-16-12-8(13(19)23)5-17-20(12)9-3-1-2-4-10(9)21(25)26/h1-5,7H,6H2,(H3,15,18,22,24). The number of aromatic nitrogens is 4. The smallest absolute Gasteiger partial charge is 0.318 e. The molecule has 12 heteroatoms. The van der Waals surface area contributed by atoms with Crippen molar-refractivity contribution >= 4 is 28.7 Å². The Kier molecular flexibility index (Phi) is 4.14. The molecule has 2 aromatic heterocycles. The third kappa shape index (κ3) is 2.98. The number of nitrogens with zero attached hydrogens (tertiary/aromatic N) is 5. The number of urea groups is 1. The van der Waals surface area contributed by atoms with E-state index in [0.717, 1.165) is 10.9 Å². The van der Waals surface area contributed by atoms with E-state index in [-0.39, 0.29) is 22.4 Å². The van der Waals surface area contributed by atoms with E-state index in [0.29, 0.717) is 0 Å². The summed E-state index contributed by atoms with van der Waals surface area (Å²) in [4.78, 5) is 49.3. The van der Waals surface area contributed by atoms with Crippen molar-refractivity contribution in [1.82, 2.24) is 24.6 Å². The zero-order chi connectivity index (χ0) is 18.8. The molecule has 0 saturated carbocycles. The number of nitro benzene ring substituents is 1. The Bertz CT molecular complexity index is 1100. The second kappa shape index (κ2) is 6.43. The summed E-state index contributed by atoms with van der Waals surface area (Å²) < 4.78 is 2.13. The fourth-order valence-electron chi connectivity index (χ4n) is 2.37. The highest BCUT2D eigenvalue weighted by Gasteiger charge is 2.19. The van der Waals surface area contributed by atoms with Gasteiger partial charge in [-0.3, -0.25) is 29.6 Å². The number of imide groups is 1. The molecule has 0 bridgehead atoms. The normalized spacial score (nSPS) is 10.6. The Balaban J connectivity index is 2.07. The molecule has 3 rings (SSSR count). The number of para-hydroxylation sites is 2. The van der Waals surface area contributed by atoms with E-state index < -0.39 is 29.0 Å². The van der Waals surface area contributed by atoms with Crippen LogP contribution >= 0.6 is 0 Å². The first-order valence-corrected chi connectivity index (χ1v) is 7.14. The molecule has 3 aromatic rings.